The number of amides is 2. The van der Waals surface area contributed by atoms with Gasteiger partial charge in [0.25, 0.3) is 11.8 Å². The van der Waals surface area contributed by atoms with E-state index in [-0.39, 0.29) is 22.4 Å². The average Bonchev–Trinajstić information content (AvgIpc) is 3.08. The monoisotopic (exact) mass is 524 g/mol. The Morgan fingerprint density at radius 1 is 1.56 bits per heavy atom. The Kier molecular flexibility index (Phi) is 5.85. The lowest BCUT2D eigenvalue weighted by molar-refractivity contribution is -0.150. The number of nitrogen functional groups attached to an aromatic ring is 1. The lowest BCUT2D eigenvalue weighted by Crippen LogP contribution is -2.71. The van der Waals surface area contributed by atoms with Crippen molar-refractivity contribution < 1.29 is 24.3 Å². The van der Waals surface area contributed by atoms with Gasteiger partial charge in [-0.05, 0) is 5.57 Å². The molecule has 1 aromatic rings. The van der Waals surface area contributed by atoms with Crippen molar-refractivity contribution in [2.45, 2.75) is 11.4 Å². The van der Waals surface area contributed by atoms with Crippen LogP contribution in [0.25, 0.3) is 0 Å². The van der Waals surface area contributed by atoms with E-state index >= 15 is 0 Å². The van der Waals surface area contributed by atoms with Crippen LogP contribution in [0, 0.1) is 0 Å². The van der Waals surface area contributed by atoms with Crippen LogP contribution in [0.2, 0.25) is 0 Å². The lowest BCUT2D eigenvalue weighted by Gasteiger charge is -2.49. The molecule has 27 heavy (non-hydrogen) atoms. The molecule has 0 aliphatic carbocycles. The van der Waals surface area contributed by atoms with Crippen molar-refractivity contribution in [1.29, 1.82) is 0 Å². The minimum Gasteiger partial charge on any atom is -0.477 e. The Bertz CT molecular complexity index is 871. The topological polar surface area (TPSA) is 160 Å². The van der Waals surface area contributed by atoms with E-state index in [1.807, 2.05) is 0 Å². The van der Waals surface area contributed by atoms with E-state index in [0.717, 1.165) is 11.5 Å². The van der Waals surface area contributed by atoms with E-state index in [1.54, 1.807) is 0 Å². The van der Waals surface area contributed by atoms with Crippen molar-refractivity contribution in [2.24, 2.45) is 5.16 Å². The zero-order valence-corrected chi connectivity index (χ0v) is 17.5. The molecule has 0 saturated carbocycles. The first-order valence-electron chi connectivity index (χ1n) is 7.36. The molecule has 2 atom stereocenters. The summed E-state index contributed by atoms with van der Waals surface area (Å²) in [5.41, 5.74) is 5.96. The number of carbonyl (C=O) groups is 3. The third-order valence-electron chi connectivity index (χ3n) is 3.75. The lowest BCUT2D eigenvalue weighted by atomic mass is 10.0. The second-order valence-electron chi connectivity index (χ2n) is 5.33. The van der Waals surface area contributed by atoms with Crippen molar-refractivity contribution in [3.05, 3.63) is 17.1 Å². The number of anilines is 1. The maximum absolute atomic E-state index is 12.6. The maximum Gasteiger partial charge on any atom is 0.352 e. The molecule has 0 radical (unpaired) electrons. The van der Waals surface area contributed by atoms with Crippen LogP contribution in [0.15, 0.2) is 16.4 Å². The standard InChI is InChI=1S/C13H13IN6O5S2/c1-25-18-5(8-17-13(15)27-19-8)9(21)16-6-10(22)20-7(12(23)24)4(2-14)3-26-11(6)20/h6,11H,2-3H2,1H3,(H,16,21)(H,23,24)(H2,15,17,19)/b18-5-/t6-,11-/m1/s1. The fourth-order valence-electron chi connectivity index (χ4n) is 2.60. The molecular formula is C13H13IN6O5S2. The van der Waals surface area contributed by atoms with Crippen LogP contribution in [-0.2, 0) is 19.2 Å². The summed E-state index contributed by atoms with van der Waals surface area (Å²) in [6.07, 6.45) is 0. The number of nitrogens with two attached hydrogens (primary N) is 1. The normalized spacial score (nSPS) is 22.2. The molecule has 3 heterocycles. The summed E-state index contributed by atoms with van der Waals surface area (Å²) in [5.74, 6) is -1.92. The summed E-state index contributed by atoms with van der Waals surface area (Å²) in [6, 6.07) is -0.884. The van der Waals surface area contributed by atoms with Crippen molar-refractivity contribution >= 4 is 74.5 Å². The predicted octanol–water partition coefficient (Wildman–Crippen LogP) is -0.356. The van der Waals surface area contributed by atoms with Crippen molar-refractivity contribution in [2.75, 3.05) is 23.0 Å². The zero-order valence-electron chi connectivity index (χ0n) is 13.7. The number of hydrogen-bond donors (Lipinski definition) is 3. The fourth-order valence-corrected chi connectivity index (χ4v) is 5.38. The molecule has 2 amide bonds. The van der Waals surface area contributed by atoms with Crippen LogP contribution in [-0.4, -0.2) is 71.6 Å². The quantitative estimate of drug-likeness (QED) is 0.149. The summed E-state index contributed by atoms with van der Waals surface area (Å²) in [7, 11) is 1.26. The number of nitrogens with one attached hydrogen (secondary N) is 1. The molecule has 0 spiro atoms. The number of oxime groups is 1. The SMILES string of the molecule is CO/N=C(\C(=O)N[C@@H]1C(=O)N2C(C(=O)O)=C(CI)CS[C@H]12)c1nsc(N)n1. The molecule has 2 aliphatic heterocycles. The highest BCUT2D eigenvalue weighted by atomic mass is 127. The number of carbonyl (C=O) groups excluding carboxylic acids is 2. The largest absolute Gasteiger partial charge is 0.477 e. The van der Waals surface area contributed by atoms with E-state index in [2.05, 4.69) is 47.3 Å². The second kappa shape index (κ2) is 7.97. The van der Waals surface area contributed by atoms with Gasteiger partial charge in [0.15, 0.2) is 5.13 Å². The molecule has 1 aromatic heterocycles. The van der Waals surface area contributed by atoms with Gasteiger partial charge in [-0.3, -0.25) is 14.5 Å². The van der Waals surface area contributed by atoms with E-state index < -0.39 is 29.2 Å². The minimum atomic E-state index is -1.16. The number of aromatic nitrogens is 2. The number of aliphatic carboxylic acids is 1. The summed E-state index contributed by atoms with van der Waals surface area (Å²) in [5, 5.41) is 15.3. The number of nitrogens with zero attached hydrogens (tertiary/aromatic N) is 4. The van der Waals surface area contributed by atoms with E-state index in [9.17, 15) is 19.5 Å². The summed E-state index contributed by atoms with van der Waals surface area (Å²) < 4.78 is 4.41. The van der Waals surface area contributed by atoms with Crippen molar-refractivity contribution in [3.8, 4) is 0 Å². The number of β-lactam (4-membered cyclic amide) rings is 1. The second-order valence-corrected chi connectivity index (χ2v) is 7.98. The molecule has 0 unspecified atom stereocenters. The molecule has 11 nitrogen and oxygen atoms in total. The molecule has 0 aromatic carbocycles. The van der Waals surface area contributed by atoms with Gasteiger partial charge in [-0.15, -0.1) is 11.8 Å². The fraction of sp³-hybridized carbons (Fsp3) is 0.385. The van der Waals surface area contributed by atoms with Crippen LogP contribution in [0.1, 0.15) is 5.82 Å². The Labute approximate surface area is 174 Å². The maximum atomic E-state index is 12.6. The third kappa shape index (κ3) is 3.60. The smallest absolute Gasteiger partial charge is 0.352 e. The number of carboxylic acid groups (broad SMARTS) is 1. The molecule has 3 rings (SSSR count). The van der Waals surface area contributed by atoms with Gasteiger partial charge in [-0.2, -0.15) is 9.36 Å². The highest BCUT2D eigenvalue weighted by molar-refractivity contribution is 14.1. The average molecular weight is 524 g/mol. The van der Waals surface area contributed by atoms with Gasteiger partial charge in [0, 0.05) is 21.7 Å². The van der Waals surface area contributed by atoms with Crippen molar-refractivity contribution in [1.82, 2.24) is 19.6 Å². The molecule has 0 bridgehead atoms. The molecule has 144 valence electrons. The minimum absolute atomic E-state index is 0.0108. The van der Waals surface area contributed by atoms with E-state index in [4.69, 9.17) is 5.73 Å². The molecule has 4 N–H and O–H groups in total. The van der Waals surface area contributed by atoms with Gasteiger partial charge < -0.3 is 21.0 Å². The first-order chi connectivity index (χ1) is 12.9. The van der Waals surface area contributed by atoms with Gasteiger partial charge in [-0.1, -0.05) is 27.7 Å². The van der Waals surface area contributed by atoms with Crippen LogP contribution in [0.4, 0.5) is 5.13 Å². The summed E-state index contributed by atoms with van der Waals surface area (Å²) >= 11 is 4.34. The van der Waals surface area contributed by atoms with Crippen LogP contribution >= 0.6 is 45.9 Å². The molecular weight excluding hydrogens is 511 g/mol. The van der Waals surface area contributed by atoms with Gasteiger partial charge >= 0.3 is 5.97 Å². The number of hydrogen-bond acceptors (Lipinski definition) is 10. The summed E-state index contributed by atoms with van der Waals surface area (Å²) in [6.45, 7) is 0. The molecule has 1 fully saturated rings. The molecule has 14 heteroatoms. The Balaban J connectivity index is 1.79. The first-order valence-corrected chi connectivity index (χ1v) is 10.7. The van der Waals surface area contributed by atoms with Crippen LogP contribution in [0.5, 0.6) is 0 Å². The molecule has 1 saturated heterocycles. The Morgan fingerprint density at radius 3 is 2.85 bits per heavy atom. The highest BCUT2D eigenvalue weighted by Gasteiger charge is 2.54. The van der Waals surface area contributed by atoms with Crippen molar-refractivity contribution in [3.63, 3.8) is 0 Å². The van der Waals surface area contributed by atoms with Gasteiger partial charge in [0.05, 0.1) is 0 Å². The zero-order chi connectivity index (χ0) is 19.7. The van der Waals surface area contributed by atoms with Gasteiger partial charge in [0.2, 0.25) is 11.5 Å². The number of rotatable bonds is 6. The molecule has 2 aliphatic rings. The number of alkyl halides is 1. The predicted molar refractivity (Wildman–Crippen MR) is 106 cm³/mol. The van der Waals surface area contributed by atoms with Crippen LogP contribution < -0.4 is 11.1 Å². The Morgan fingerprint density at radius 2 is 2.30 bits per heavy atom. The van der Waals surface area contributed by atoms with E-state index in [1.165, 1.54) is 23.8 Å². The van der Waals surface area contributed by atoms with E-state index in [0.29, 0.717) is 15.8 Å². The number of fused-ring (bicyclic) bond motifs is 1. The Hall–Kier alpha value is -1.94. The summed E-state index contributed by atoms with van der Waals surface area (Å²) in [4.78, 5) is 46.4. The number of halogens is 1. The van der Waals surface area contributed by atoms with Crippen LogP contribution in [0.3, 0.4) is 0 Å². The van der Waals surface area contributed by atoms with Gasteiger partial charge in [-0.25, -0.2) is 4.79 Å². The highest BCUT2D eigenvalue weighted by Crippen LogP contribution is 2.40. The number of thioether (sulfide) groups is 1. The first kappa shape index (κ1) is 19.8. The van der Waals surface area contributed by atoms with Gasteiger partial charge in [0.1, 0.15) is 24.2 Å². The number of carboxylic acids is 1. The third-order valence-corrected chi connectivity index (χ3v) is 6.55.